The molecule has 2 N–H and O–H groups in total. The van der Waals surface area contributed by atoms with Crippen molar-refractivity contribution < 1.29 is 4.39 Å². The molecule has 0 radical (unpaired) electrons. The van der Waals surface area contributed by atoms with Crippen LogP contribution in [0.4, 0.5) is 4.39 Å². The Hall–Kier alpha value is -0.410. The molecule has 0 aromatic carbocycles. The SMILES string of the molecule is C/C=C\CCNNCCF. The van der Waals surface area contributed by atoms with Gasteiger partial charge in [-0.05, 0) is 13.3 Å². The molecule has 0 fully saturated rings. The Morgan fingerprint density at radius 1 is 1.30 bits per heavy atom. The predicted octanol–water partition coefficient (Wildman–Crippen LogP) is 1.02. The minimum Gasteiger partial charge on any atom is -0.257 e. The monoisotopic (exact) mass is 146 g/mol. The molecule has 0 aromatic heterocycles. The average Bonchev–Trinajstić information content (AvgIpc) is 1.97. The molecule has 0 unspecified atom stereocenters. The van der Waals surface area contributed by atoms with Gasteiger partial charge in [-0.2, -0.15) is 0 Å². The summed E-state index contributed by atoms with van der Waals surface area (Å²) in [6.45, 7) is 2.89. The van der Waals surface area contributed by atoms with Gasteiger partial charge in [0.2, 0.25) is 0 Å². The largest absolute Gasteiger partial charge is 0.257 e. The highest BCUT2D eigenvalue weighted by Crippen LogP contribution is 1.76. The number of halogens is 1. The van der Waals surface area contributed by atoms with Crippen LogP contribution >= 0.6 is 0 Å². The van der Waals surface area contributed by atoms with Gasteiger partial charge in [0.05, 0.1) is 0 Å². The van der Waals surface area contributed by atoms with E-state index in [-0.39, 0.29) is 6.67 Å². The van der Waals surface area contributed by atoms with Crippen LogP contribution in [0.1, 0.15) is 13.3 Å². The molecule has 60 valence electrons. The summed E-state index contributed by atoms with van der Waals surface area (Å²) >= 11 is 0. The van der Waals surface area contributed by atoms with Crippen LogP contribution in [0.15, 0.2) is 12.2 Å². The molecule has 0 amide bonds. The molecule has 0 aromatic rings. The van der Waals surface area contributed by atoms with Gasteiger partial charge in [-0.3, -0.25) is 10.9 Å². The summed E-state index contributed by atoms with van der Waals surface area (Å²) < 4.78 is 11.5. The van der Waals surface area contributed by atoms with E-state index in [1.165, 1.54) is 0 Å². The summed E-state index contributed by atoms with van der Waals surface area (Å²) in [5.41, 5.74) is 5.61. The van der Waals surface area contributed by atoms with Crippen molar-refractivity contribution in [3.05, 3.63) is 12.2 Å². The molecule has 0 aliphatic heterocycles. The summed E-state index contributed by atoms with van der Waals surface area (Å²) in [5.74, 6) is 0. The van der Waals surface area contributed by atoms with E-state index in [1.54, 1.807) is 0 Å². The topological polar surface area (TPSA) is 24.1 Å². The van der Waals surface area contributed by atoms with E-state index in [1.807, 2.05) is 13.0 Å². The lowest BCUT2D eigenvalue weighted by Gasteiger charge is -2.01. The zero-order chi connectivity index (χ0) is 7.66. The van der Waals surface area contributed by atoms with Gasteiger partial charge < -0.3 is 0 Å². The average molecular weight is 146 g/mol. The van der Waals surface area contributed by atoms with Crippen molar-refractivity contribution >= 4 is 0 Å². The van der Waals surface area contributed by atoms with Crippen molar-refractivity contribution in [2.75, 3.05) is 19.8 Å². The van der Waals surface area contributed by atoms with Crippen LogP contribution < -0.4 is 10.9 Å². The summed E-state index contributed by atoms with van der Waals surface area (Å²) in [4.78, 5) is 0. The zero-order valence-corrected chi connectivity index (χ0v) is 6.36. The molecule has 0 aliphatic carbocycles. The van der Waals surface area contributed by atoms with Crippen molar-refractivity contribution in [1.82, 2.24) is 10.9 Å². The highest BCUT2D eigenvalue weighted by atomic mass is 19.1. The third-order valence-corrected chi connectivity index (χ3v) is 1.02. The standard InChI is InChI=1S/C7H15FN2/c1-2-3-4-6-9-10-7-5-8/h2-3,9-10H,4-7H2,1H3/b3-2-. The number of nitrogens with one attached hydrogen (secondary N) is 2. The van der Waals surface area contributed by atoms with E-state index < -0.39 is 0 Å². The first kappa shape index (κ1) is 9.59. The van der Waals surface area contributed by atoms with E-state index in [2.05, 4.69) is 16.9 Å². The normalized spacial score (nSPS) is 11.0. The highest BCUT2D eigenvalue weighted by molar-refractivity contribution is 4.76. The molecule has 0 spiro atoms. The van der Waals surface area contributed by atoms with Gasteiger partial charge in [-0.25, -0.2) is 4.39 Å². The van der Waals surface area contributed by atoms with Gasteiger partial charge in [-0.1, -0.05) is 12.2 Å². The van der Waals surface area contributed by atoms with Gasteiger partial charge in [-0.15, -0.1) is 0 Å². The Balaban J connectivity index is 2.77. The molecule has 2 nitrogen and oxygen atoms in total. The molecule has 0 aliphatic rings. The Labute approximate surface area is 61.5 Å². The number of allylic oxidation sites excluding steroid dienone is 1. The lowest BCUT2D eigenvalue weighted by Crippen LogP contribution is -2.33. The minimum atomic E-state index is -0.323. The van der Waals surface area contributed by atoms with Crippen LogP contribution in [-0.2, 0) is 0 Å². The van der Waals surface area contributed by atoms with Crippen LogP contribution in [-0.4, -0.2) is 19.8 Å². The summed E-state index contributed by atoms with van der Waals surface area (Å²) in [7, 11) is 0. The van der Waals surface area contributed by atoms with Crippen LogP contribution in [0.25, 0.3) is 0 Å². The quantitative estimate of drug-likeness (QED) is 0.332. The van der Waals surface area contributed by atoms with Crippen molar-refractivity contribution in [3.63, 3.8) is 0 Å². The molecular weight excluding hydrogens is 131 g/mol. The molecule has 10 heavy (non-hydrogen) atoms. The third-order valence-electron chi connectivity index (χ3n) is 1.02. The summed E-state index contributed by atoms with van der Waals surface area (Å²) in [6.07, 6.45) is 5.04. The molecule has 0 atom stereocenters. The van der Waals surface area contributed by atoms with Gasteiger partial charge in [0, 0.05) is 13.1 Å². The molecule has 0 saturated carbocycles. The lowest BCUT2D eigenvalue weighted by atomic mass is 10.4. The smallest absolute Gasteiger partial charge is 0.103 e. The number of hydrogen-bond acceptors (Lipinski definition) is 2. The maximum Gasteiger partial charge on any atom is 0.103 e. The van der Waals surface area contributed by atoms with Gasteiger partial charge in [0.25, 0.3) is 0 Å². The first-order chi connectivity index (χ1) is 4.91. The number of alkyl halides is 1. The van der Waals surface area contributed by atoms with Gasteiger partial charge in [0.15, 0.2) is 0 Å². The van der Waals surface area contributed by atoms with E-state index in [9.17, 15) is 4.39 Å². The second-order valence-electron chi connectivity index (χ2n) is 1.90. The van der Waals surface area contributed by atoms with Crippen molar-refractivity contribution in [2.45, 2.75) is 13.3 Å². The fraction of sp³-hybridized carbons (Fsp3) is 0.714. The first-order valence-electron chi connectivity index (χ1n) is 3.54. The molecular formula is C7H15FN2. The van der Waals surface area contributed by atoms with Crippen molar-refractivity contribution in [3.8, 4) is 0 Å². The van der Waals surface area contributed by atoms with Gasteiger partial charge in [0.1, 0.15) is 6.67 Å². The molecule has 0 saturated heterocycles. The van der Waals surface area contributed by atoms with Crippen molar-refractivity contribution in [1.29, 1.82) is 0 Å². The van der Waals surface area contributed by atoms with E-state index in [0.717, 1.165) is 13.0 Å². The predicted molar refractivity (Wildman–Crippen MR) is 41.4 cm³/mol. The van der Waals surface area contributed by atoms with Crippen molar-refractivity contribution in [2.24, 2.45) is 0 Å². The van der Waals surface area contributed by atoms with Gasteiger partial charge >= 0.3 is 0 Å². The second-order valence-corrected chi connectivity index (χ2v) is 1.90. The number of hydrazine groups is 1. The number of hydrogen-bond donors (Lipinski definition) is 2. The Morgan fingerprint density at radius 3 is 2.60 bits per heavy atom. The first-order valence-corrected chi connectivity index (χ1v) is 3.54. The lowest BCUT2D eigenvalue weighted by molar-refractivity contribution is 0.433. The maximum atomic E-state index is 11.5. The second kappa shape index (κ2) is 8.59. The zero-order valence-electron chi connectivity index (χ0n) is 6.36. The molecule has 0 heterocycles. The third kappa shape index (κ3) is 7.59. The molecule has 3 heteroatoms. The molecule has 0 bridgehead atoms. The van der Waals surface area contributed by atoms with Crippen LogP contribution in [0.3, 0.4) is 0 Å². The Bertz CT molecular complexity index is 83.7. The van der Waals surface area contributed by atoms with Crippen LogP contribution in [0, 0.1) is 0 Å². The summed E-state index contributed by atoms with van der Waals surface area (Å²) in [6, 6.07) is 0. The maximum absolute atomic E-state index is 11.5. The fourth-order valence-corrected chi connectivity index (χ4v) is 0.546. The fourth-order valence-electron chi connectivity index (χ4n) is 0.546. The van der Waals surface area contributed by atoms with Crippen LogP contribution in [0.2, 0.25) is 0 Å². The number of rotatable bonds is 6. The van der Waals surface area contributed by atoms with Crippen LogP contribution in [0.5, 0.6) is 0 Å². The summed E-state index contributed by atoms with van der Waals surface area (Å²) in [5, 5.41) is 0. The highest BCUT2D eigenvalue weighted by Gasteiger charge is 1.81. The molecule has 0 rings (SSSR count). The minimum absolute atomic E-state index is 0.323. The van der Waals surface area contributed by atoms with E-state index in [0.29, 0.717) is 6.54 Å². The van der Waals surface area contributed by atoms with E-state index in [4.69, 9.17) is 0 Å². The Kier molecular flexibility index (Phi) is 8.24. The van der Waals surface area contributed by atoms with E-state index >= 15 is 0 Å². The Morgan fingerprint density at radius 2 is 2.00 bits per heavy atom.